The van der Waals surface area contributed by atoms with Gasteiger partial charge < -0.3 is 10.6 Å². The maximum Gasteiger partial charge on any atom is 0.255 e. The number of amides is 2. The molecule has 0 spiro atoms. The second-order valence-corrected chi connectivity index (χ2v) is 6.30. The molecule has 0 saturated heterocycles. The van der Waals surface area contributed by atoms with E-state index in [1.807, 2.05) is 19.1 Å². The first-order valence-electron chi connectivity index (χ1n) is 8.30. The molecule has 1 aliphatic carbocycles. The van der Waals surface area contributed by atoms with Crippen molar-refractivity contribution in [3.05, 3.63) is 47.8 Å². The first-order valence-corrected chi connectivity index (χ1v) is 8.30. The molecule has 2 amide bonds. The Morgan fingerprint density at radius 2 is 1.92 bits per heavy atom. The molecule has 1 aromatic heterocycles. The van der Waals surface area contributed by atoms with Crippen LogP contribution in [0.25, 0.3) is 0 Å². The van der Waals surface area contributed by atoms with Crippen LogP contribution in [0.15, 0.2) is 36.7 Å². The first kappa shape index (κ1) is 16.2. The van der Waals surface area contributed by atoms with E-state index in [1.54, 1.807) is 24.5 Å². The minimum atomic E-state index is -0.190. The van der Waals surface area contributed by atoms with Crippen molar-refractivity contribution in [1.82, 2.24) is 15.1 Å². The summed E-state index contributed by atoms with van der Waals surface area (Å²) < 4.78 is 1.54. The Labute approximate surface area is 141 Å². The number of benzene rings is 1. The fourth-order valence-corrected chi connectivity index (χ4v) is 2.91. The smallest absolute Gasteiger partial charge is 0.255 e. The van der Waals surface area contributed by atoms with Crippen LogP contribution >= 0.6 is 0 Å². The molecule has 0 atom stereocenters. The largest absolute Gasteiger partial charge is 0.352 e. The molecule has 2 N–H and O–H groups in total. The van der Waals surface area contributed by atoms with Gasteiger partial charge in [0.1, 0.15) is 6.54 Å². The normalized spacial score (nSPS) is 14.5. The zero-order valence-corrected chi connectivity index (χ0v) is 13.8. The van der Waals surface area contributed by atoms with E-state index in [1.165, 1.54) is 17.5 Å². The maximum atomic E-state index is 12.2. The standard InChI is InChI=1S/C18H22N4O2/c1-13-6-8-14(9-7-13)18(24)21-16-10-19-22(11-16)12-17(23)20-15-4-2-3-5-15/h6-11,15H,2-5,12H2,1H3,(H,20,23)(H,21,24). The van der Waals surface area contributed by atoms with Crippen LogP contribution in [0, 0.1) is 6.92 Å². The molecule has 126 valence electrons. The van der Waals surface area contributed by atoms with Crippen LogP contribution in [-0.2, 0) is 11.3 Å². The van der Waals surface area contributed by atoms with Gasteiger partial charge in [-0.2, -0.15) is 5.10 Å². The third-order valence-corrected chi connectivity index (χ3v) is 4.23. The molecular weight excluding hydrogens is 304 g/mol. The van der Waals surface area contributed by atoms with Crippen LogP contribution < -0.4 is 10.6 Å². The molecule has 0 aliphatic heterocycles. The quantitative estimate of drug-likeness (QED) is 0.886. The number of nitrogens with zero attached hydrogens (tertiary/aromatic N) is 2. The number of aromatic nitrogens is 2. The van der Waals surface area contributed by atoms with Gasteiger partial charge in [0.15, 0.2) is 0 Å². The van der Waals surface area contributed by atoms with Crippen molar-refractivity contribution < 1.29 is 9.59 Å². The van der Waals surface area contributed by atoms with E-state index < -0.39 is 0 Å². The molecule has 1 aliphatic rings. The van der Waals surface area contributed by atoms with Crippen LogP contribution in [0.3, 0.4) is 0 Å². The van der Waals surface area contributed by atoms with Gasteiger partial charge in [0.25, 0.3) is 5.91 Å². The maximum absolute atomic E-state index is 12.2. The summed E-state index contributed by atoms with van der Waals surface area (Å²) in [4.78, 5) is 24.2. The van der Waals surface area contributed by atoms with E-state index in [9.17, 15) is 9.59 Å². The molecule has 1 aromatic carbocycles. The summed E-state index contributed by atoms with van der Waals surface area (Å²) in [6.07, 6.45) is 7.70. The van der Waals surface area contributed by atoms with Gasteiger partial charge in [-0.1, -0.05) is 30.5 Å². The van der Waals surface area contributed by atoms with Crippen molar-refractivity contribution in [3.8, 4) is 0 Å². The molecule has 3 rings (SSSR count). The van der Waals surface area contributed by atoms with Crippen molar-refractivity contribution in [3.63, 3.8) is 0 Å². The van der Waals surface area contributed by atoms with Gasteiger partial charge in [0.05, 0.1) is 11.9 Å². The highest BCUT2D eigenvalue weighted by Crippen LogP contribution is 2.17. The number of rotatable bonds is 5. The summed E-state index contributed by atoms with van der Waals surface area (Å²) in [5.74, 6) is -0.230. The first-order chi connectivity index (χ1) is 11.6. The number of nitrogens with one attached hydrogen (secondary N) is 2. The van der Waals surface area contributed by atoms with Crippen LogP contribution in [0.4, 0.5) is 5.69 Å². The van der Waals surface area contributed by atoms with Gasteiger partial charge in [-0.3, -0.25) is 14.3 Å². The highest BCUT2D eigenvalue weighted by molar-refractivity contribution is 6.04. The predicted octanol–water partition coefficient (Wildman–Crippen LogP) is 2.50. The summed E-state index contributed by atoms with van der Waals surface area (Å²) in [7, 11) is 0. The lowest BCUT2D eigenvalue weighted by Crippen LogP contribution is -2.35. The third kappa shape index (κ3) is 4.22. The van der Waals surface area contributed by atoms with E-state index in [4.69, 9.17) is 0 Å². The fourth-order valence-electron chi connectivity index (χ4n) is 2.91. The summed E-state index contributed by atoms with van der Waals surface area (Å²) in [6.45, 7) is 2.14. The summed E-state index contributed by atoms with van der Waals surface area (Å²) in [5, 5.41) is 9.94. The Bertz CT molecular complexity index is 715. The molecule has 24 heavy (non-hydrogen) atoms. The van der Waals surface area contributed by atoms with Gasteiger partial charge in [-0.05, 0) is 31.9 Å². The average Bonchev–Trinajstić information content (AvgIpc) is 3.20. The number of carbonyl (C=O) groups is 2. The highest BCUT2D eigenvalue weighted by atomic mass is 16.2. The molecule has 1 fully saturated rings. The Hall–Kier alpha value is -2.63. The number of anilines is 1. The molecule has 6 nitrogen and oxygen atoms in total. The predicted molar refractivity (Wildman–Crippen MR) is 91.8 cm³/mol. The molecular formula is C18H22N4O2. The second kappa shape index (κ2) is 7.29. The van der Waals surface area contributed by atoms with Crippen LogP contribution in [0.2, 0.25) is 0 Å². The lowest BCUT2D eigenvalue weighted by molar-refractivity contribution is -0.122. The van der Waals surface area contributed by atoms with E-state index >= 15 is 0 Å². The van der Waals surface area contributed by atoms with Crippen LogP contribution in [-0.4, -0.2) is 27.6 Å². The Morgan fingerprint density at radius 3 is 2.62 bits per heavy atom. The molecule has 6 heteroatoms. The minimum absolute atomic E-state index is 0.0404. The number of hydrogen-bond donors (Lipinski definition) is 2. The molecule has 1 heterocycles. The second-order valence-electron chi connectivity index (χ2n) is 6.30. The van der Waals surface area contributed by atoms with Crippen molar-refractivity contribution in [1.29, 1.82) is 0 Å². The van der Waals surface area contributed by atoms with Crippen LogP contribution in [0.1, 0.15) is 41.6 Å². The lowest BCUT2D eigenvalue weighted by atomic mass is 10.1. The van der Waals surface area contributed by atoms with E-state index in [-0.39, 0.29) is 18.4 Å². The summed E-state index contributed by atoms with van der Waals surface area (Å²) in [6, 6.07) is 7.65. The Morgan fingerprint density at radius 1 is 1.21 bits per heavy atom. The topological polar surface area (TPSA) is 76.0 Å². The summed E-state index contributed by atoms with van der Waals surface area (Å²) in [5.41, 5.74) is 2.27. The van der Waals surface area contributed by atoms with Crippen LogP contribution in [0.5, 0.6) is 0 Å². The average molecular weight is 326 g/mol. The van der Waals surface area contributed by atoms with E-state index in [0.29, 0.717) is 17.3 Å². The van der Waals surface area contributed by atoms with E-state index in [0.717, 1.165) is 18.4 Å². The van der Waals surface area contributed by atoms with Gasteiger partial charge in [0, 0.05) is 17.8 Å². The Kier molecular flexibility index (Phi) is 4.93. The van der Waals surface area contributed by atoms with Crippen molar-refractivity contribution in [2.24, 2.45) is 0 Å². The van der Waals surface area contributed by atoms with Gasteiger partial charge in [0.2, 0.25) is 5.91 Å². The van der Waals surface area contributed by atoms with Crippen molar-refractivity contribution in [2.45, 2.75) is 45.2 Å². The van der Waals surface area contributed by atoms with Gasteiger partial charge in [-0.25, -0.2) is 0 Å². The third-order valence-electron chi connectivity index (χ3n) is 4.23. The molecule has 1 saturated carbocycles. The highest BCUT2D eigenvalue weighted by Gasteiger charge is 2.17. The zero-order chi connectivity index (χ0) is 16.9. The van der Waals surface area contributed by atoms with Gasteiger partial charge in [-0.15, -0.1) is 0 Å². The SMILES string of the molecule is Cc1ccc(C(=O)Nc2cnn(CC(=O)NC3CCCC3)c2)cc1. The lowest BCUT2D eigenvalue weighted by Gasteiger charge is -2.11. The fraction of sp³-hybridized carbons (Fsp3) is 0.389. The number of hydrogen-bond acceptors (Lipinski definition) is 3. The monoisotopic (exact) mass is 326 g/mol. The summed E-state index contributed by atoms with van der Waals surface area (Å²) >= 11 is 0. The molecule has 2 aromatic rings. The zero-order valence-electron chi connectivity index (χ0n) is 13.8. The molecule has 0 unspecified atom stereocenters. The molecule has 0 bridgehead atoms. The van der Waals surface area contributed by atoms with Crippen molar-refractivity contribution in [2.75, 3.05) is 5.32 Å². The van der Waals surface area contributed by atoms with Crippen molar-refractivity contribution >= 4 is 17.5 Å². The van der Waals surface area contributed by atoms with E-state index in [2.05, 4.69) is 15.7 Å². The molecule has 0 radical (unpaired) electrons. The van der Waals surface area contributed by atoms with Gasteiger partial charge >= 0.3 is 0 Å². The Balaban J connectivity index is 1.54. The number of carbonyl (C=O) groups excluding carboxylic acids is 2. The number of aryl methyl sites for hydroxylation is 1. The minimum Gasteiger partial charge on any atom is -0.352 e.